The Hall–Kier alpha value is -3.04. The third-order valence-electron chi connectivity index (χ3n) is 5.56. The van der Waals surface area contributed by atoms with Crippen molar-refractivity contribution in [3.05, 3.63) is 72.3 Å². The fourth-order valence-corrected chi connectivity index (χ4v) is 5.19. The number of nitrogens with zero attached hydrogens (tertiary/aromatic N) is 4. The van der Waals surface area contributed by atoms with Gasteiger partial charge in [0.1, 0.15) is 12.7 Å². The minimum absolute atomic E-state index is 0.0848. The van der Waals surface area contributed by atoms with Gasteiger partial charge >= 0.3 is 0 Å². The van der Waals surface area contributed by atoms with Gasteiger partial charge in [0.2, 0.25) is 15.9 Å². The Labute approximate surface area is 182 Å². The van der Waals surface area contributed by atoms with Crippen molar-refractivity contribution in [3.63, 3.8) is 0 Å². The quantitative estimate of drug-likeness (QED) is 0.637. The molecule has 9 heteroatoms. The molecule has 1 N–H and O–H groups in total. The summed E-state index contributed by atoms with van der Waals surface area (Å²) in [4.78, 5) is 17.1. The van der Waals surface area contributed by atoms with Gasteiger partial charge < -0.3 is 5.32 Å². The minimum atomic E-state index is -3.54. The van der Waals surface area contributed by atoms with Crippen molar-refractivity contribution >= 4 is 21.6 Å². The first-order valence-electron chi connectivity index (χ1n) is 10.2. The topological polar surface area (TPSA) is 97.2 Å². The summed E-state index contributed by atoms with van der Waals surface area (Å²) in [5.41, 5.74) is 2.68. The summed E-state index contributed by atoms with van der Waals surface area (Å²) >= 11 is 0. The van der Waals surface area contributed by atoms with Crippen molar-refractivity contribution in [2.45, 2.75) is 31.2 Å². The van der Waals surface area contributed by atoms with Crippen LogP contribution in [0.25, 0.3) is 0 Å². The number of hydrogen-bond acceptors (Lipinski definition) is 5. The standard InChI is InChI=1S/C22H25N5O3S/c1-17-6-8-20(9-7-17)31(29,30)27-12-10-18(11-13-27)22(28)25-21-5-3-2-4-19(21)14-26-16-23-15-24-26/h2-9,15-16,18H,10-14H2,1H3,(H,25,28). The number of carbonyl (C=O) groups is 1. The Kier molecular flexibility index (Phi) is 6.15. The Balaban J connectivity index is 1.38. The number of carbonyl (C=O) groups excluding carboxylic acids is 1. The summed E-state index contributed by atoms with van der Waals surface area (Å²) in [5, 5.41) is 7.13. The number of nitrogens with one attached hydrogen (secondary N) is 1. The Morgan fingerprint density at radius 3 is 2.48 bits per heavy atom. The number of aryl methyl sites for hydroxylation is 1. The molecule has 1 aliphatic rings. The number of para-hydroxylation sites is 1. The number of anilines is 1. The average Bonchev–Trinajstić information content (AvgIpc) is 3.29. The van der Waals surface area contributed by atoms with Crippen LogP contribution in [0.4, 0.5) is 5.69 Å². The van der Waals surface area contributed by atoms with E-state index in [1.165, 1.54) is 10.6 Å². The fraction of sp³-hybridized carbons (Fsp3) is 0.318. The molecule has 2 heterocycles. The lowest BCUT2D eigenvalue weighted by atomic mass is 9.97. The number of piperidine rings is 1. The molecule has 0 saturated carbocycles. The normalized spacial score (nSPS) is 15.6. The molecule has 1 fully saturated rings. The Bertz CT molecular complexity index is 1140. The van der Waals surface area contributed by atoms with Crippen molar-refractivity contribution in [1.82, 2.24) is 19.1 Å². The van der Waals surface area contributed by atoms with E-state index >= 15 is 0 Å². The number of rotatable bonds is 6. The van der Waals surface area contributed by atoms with Gasteiger partial charge in [0, 0.05) is 24.7 Å². The molecule has 2 aromatic carbocycles. The number of aromatic nitrogens is 3. The van der Waals surface area contributed by atoms with Crippen molar-refractivity contribution in [2.24, 2.45) is 5.92 Å². The lowest BCUT2D eigenvalue weighted by Gasteiger charge is -2.30. The molecule has 0 spiro atoms. The number of amides is 1. The zero-order valence-corrected chi connectivity index (χ0v) is 18.1. The van der Waals surface area contributed by atoms with E-state index in [0.717, 1.165) is 16.8 Å². The molecule has 0 unspecified atom stereocenters. The molecule has 3 aromatic rings. The Morgan fingerprint density at radius 2 is 1.81 bits per heavy atom. The highest BCUT2D eigenvalue weighted by Gasteiger charge is 2.32. The molecular weight excluding hydrogens is 414 g/mol. The predicted molar refractivity (Wildman–Crippen MR) is 117 cm³/mol. The zero-order chi connectivity index (χ0) is 21.8. The second-order valence-corrected chi connectivity index (χ2v) is 9.67. The molecule has 8 nitrogen and oxygen atoms in total. The van der Waals surface area contributed by atoms with Gasteiger partial charge in [-0.25, -0.2) is 18.1 Å². The maximum absolute atomic E-state index is 12.9. The Morgan fingerprint density at radius 1 is 1.10 bits per heavy atom. The average molecular weight is 440 g/mol. The van der Waals surface area contributed by atoms with Crippen LogP contribution in [-0.4, -0.2) is 46.5 Å². The molecule has 0 atom stereocenters. The zero-order valence-electron chi connectivity index (χ0n) is 17.3. The predicted octanol–water partition coefficient (Wildman–Crippen LogP) is 2.67. The smallest absolute Gasteiger partial charge is 0.243 e. The summed E-state index contributed by atoms with van der Waals surface area (Å²) in [6.07, 6.45) is 4.08. The summed E-state index contributed by atoms with van der Waals surface area (Å²) in [6, 6.07) is 14.4. The molecule has 162 valence electrons. The number of benzene rings is 2. The third kappa shape index (κ3) is 4.83. The monoisotopic (exact) mass is 439 g/mol. The van der Waals surface area contributed by atoms with Crippen LogP contribution in [-0.2, 0) is 21.4 Å². The first kappa shape index (κ1) is 21.2. The van der Waals surface area contributed by atoms with Crippen molar-refractivity contribution in [3.8, 4) is 0 Å². The maximum Gasteiger partial charge on any atom is 0.243 e. The van der Waals surface area contributed by atoms with Crippen molar-refractivity contribution in [2.75, 3.05) is 18.4 Å². The number of hydrogen-bond donors (Lipinski definition) is 1. The molecule has 1 amide bonds. The van der Waals surface area contributed by atoms with E-state index in [1.54, 1.807) is 35.3 Å². The van der Waals surface area contributed by atoms with Crippen LogP contribution in [0.5, 0.6) is 0 Å². The van der Waals surface area contributed by atoms with E-state index < -0.39 is 10.0 Å². The summed E-state index contributed by atoms with van der Waals surface area (Å²) in [6.45, 7) is 3.08. The summed E-state index contributed by atoms with van der Waals surface area (Å²) in [7, 11) is -3.54. The van der Waals surface area contributed by atoms with E-state index in [1.807, 2.05) is 31.2 Å². The van der Waals surface area contributed by atoms with Gasteiger partial charge in [-0.15, -0.1) is 0 Å². The van der Waals surface area contributed by atoms with Gasteiger partial charge in [-0.3, -0.25) is 4.79 Å². The molecule has 0 bridgehead atoms. The van der Waals surface area contributed by atoms with E-state index in [-0.39, 0.29) is 11.8 Å². The largest absolute Gasteiger partial charge is 0.326 e. The van der Waals surface area contributed by atoms with Gasteiger partial charge in [0.25, 0.3) is 0 Å². The highest BCUT2D eigenvalue weighted by atomic mass is 32.2. The van der Waals surface area contributed by atoms with Gasteiger partial charge in [-0.2, -0.15) is 9.40 Å². The second kappa shape index (κ2) is 8.99. The highest BCUT2D eigenvalue weighted by molar-refractivity contribution is 7.89. The van der Waals surface area contributed by atoms with Crippen LogP contribution in [0, 0.1) is 12.8 Å². The number of sulfonamides is 1. The van der Waals surface area contributed by atoms with Crippen molar-refractivity contribution < 1.29 is 13.2 Å². The third-order valence-corrected chi connectivity index (χ3v) is 7.47. The van der Waals surface area contributed by atoms with Crippen LogP contribution in [0.3, 0.4) is 0 Å². The van der Waals surface area contributed by atoms with Crippen molar-refractivity contribution in [1.29, 1.82) is 0 Å². The van der Waals surface area contributed by atoms with E-state index in [9.17, 15) is 13.2 Å². The van der Waals surface area contributed by atoms with Gasteiger partial charge in [0.15, 0.2) is 0 Å². The van der Waals surface area contributed by atoms with Crippen LogP contribution in [0.1, 0.15) is 24.0 Å². The SMILES string of the molecule is Cc1ccc(S(=O)(=O)N2CCC(C(=O)Nc3ccccc3Cn3cncn3)CC2)cc1. The van der Waals surface area contributed by atoms with Crippen LogP contribution >= 0.6 is 0 Å². The highest BCUT2D eigenvalue weighted by Crippen LogP contribution is 2.26. The van der Waals surface area contributed by atoms with E-state index in [0.29, 0.717) is 37.4 Å². The first-order chi connectivity index (χ1) is 14.9. The second-order valence-electron chi connectivity index (χ2n) is 7.73. The fourth-order valence-electron chi connectivity index (χ4n) is 3.72. The lowest BCUT2D eigenvalue weighted by molar-refractivity contribution is -0.120. The van der Waals surface area contributed by atoms with Crippen LogP contribution < -0.4 is 5.32 Å². The molecule has 31 heavy (non-hydrogen) atoms. The molecule has 1 aliphatic heterocycles. The van der Waals surface area contributed by atoms with E-state index in [4.69, 9.17) is 0 Å². The van der Waals surface area contributed by atoms with Crippen LogP contribution in [0.15, 0.2) is 66.1 Å². The molecule has 0 radical (unpaired) electrons. The lowest BCUT2D eigenvalue weighted by Crippen LogP contribution is -2.41. The first-order valence-corrected chi connectivity index (χ1v) is 11.7. The van der Waals surface area contributed by atoms with Gasteiger partial charge in [-0.1, -0.05) is 35.9 Å². The molecule has 1 aromatic heterocycles. The molecule has 1 saturated heterocycles. The van der Waals surface area contributed by atoms with Gasteiger partial charge in [-0.05, 0) is 43.5 Å². The summed E-state index contributed by atoms with van der Waals surface area (Å²) < 4.78 is 28.9. The molecule has 0 aliphatic carbocycles. The van der Waals surface area contributed by atoms with Gasteiger partial charge in [0.05, 0.1) is 11.4 Å². The maximum atomic E-state index is 12.9. The summed E-state index contributed by atoms with van der Waals surface area (Å²) in [5.74, 6) is -0.317. The minimum Gasteiger partial charge on any atom is -0.326 e. The van der Waals surface area contributed by atoms with Crippen LogP contribution in [0.2, 0.25) is 0 Å². The molecular formula is C22H25N5O3S. The van der Waals surface area contributed by atoms with E-state index in [2.05, 4.69) is 15.4 Å². The molecule has 4 rings (SSSR count).